The molecule has 7 heteroatoms. The molecule has 204 valence electrons. The van der Waals surface area contributed by atoms with Crippen molar-refractivity contribution in [3.05, 3.63) is 83.9 Å². The maximum atomic E-state index is 13.2. The van der Waals surface area contributed by atoms with E-state index in [1.807, 2.05) is 72.8 Å². The number of aliphatic hydroxyl groups is 1. The Hall–Kier alpha value is -3.45. The lowest BCUT2D eigenvalue weighted by Gasteiger charge is -2.29. The molecule has 0 spiro atoms. The molecule has 3 atom stereocenters. The molecule has 2 aromatic carbocycles. The van der Waals surface area contributed by atoms with Crippen LogP contribution in [0.2, 0.25) is 0 Å². The van der Waals surface area contributed by atoms with Crippen LogP contribution in [0.5, 0.6) is 0 Å². The highest BCUT2D eigenvalue weighted by Gasteiger charge is 2.30. The summed E-state index contributed by atoms with van der Waals surface area (Å²) >= 11 is 0. The fraction of sp³-hybridized carbons (Fsp3) is 0.452. The van der Waals surface area contributed by atoms with Crippen LogP contribution >= 0.6 is 0 Å². The van der Waals surface area contributed by atoms with Gasteiger partial charge in [0.1, 0.15) is 6.61 Å². The first-order chi connectivity index (χ1) is 18.3. The van der Waals surface area contributed by atoms with Gasteiger partial charge in [-0.25, -0.2) is 0 Å². The number of amides is 2. The van der Waals surface area contributed by atoms with Gasteiger partial charge in [-0.3, -0.25) is 14.4 Å². The summed E-state index contributed by atoms with van der Waals surface area (Å²) in [5.41, 5.74) is 1.29. The quantitative estimate of drug-likeness (QED) is 0.363. The molecule has 1 aliphatic heterocycles. The number of hydrogen-bond donors (Lipinski definition) is 3. The Bertz CT molecular complexity index is 1070. The molecule has 3 rings (SSSR count). The minimum atomic E-state index is -0.794. The van der Waals surface area contributed by atoms with Crippen LogP contribution in [0.4, 0.5) is 0 Å². The van der Waals surface area contributed by atoms with E-state index in [0.717, 1.165) is 11.1 Å². The molecule has 0 bridgehead atoms. The van der Waals surface area contributed by atoms with Crippen LogP contribution < -0.4 is 10.6 Å². The van der Waals surface area contributed by atoms with Crippen LogP contribution in [0.25, 0.3) is 0 Å². The summed E-state index contributed by atoms with van der Waals surface area (Å²) in [6.45, 7) is 3.45. The second-order valence-corrected chi connectivity index (χ2v) is 10.7. The van der Waals surface area contributed by atoms with Crippen LogP contribution in [0.1, 0.15) is 50.7 Å². The number of esters is 1. The van der Waals surface area contributed by atoms with E-state index in [1.54, 1.807) is 13.8 Å². The first-order valence-electron chi connectivity index (χ1n) is 13.4. The van der Waals surface area contributed by atoms with Crippen molar-refractivity contribution in [1.82, 2.24) is 10.6 Å². The Morgan fingerprint density at radius 3 is 2.34 bits per heavy atom. The van der Waals surface area contributed by atoms with Gasteiger partial charge >= 0.3 is 5.97 Å². The first kappa shape index (κ1) is 29.1. The van der Waals surface area contributed by atoms with E-state index in [9.17, 15) is 19.5 Å². The van der Waals surface area contributed by atoms with Crippen molar-refractivity contribution in [2.24, 2.45) is 11.8 Å². The van der Waals surface area contributed by atoms with Crippen LogP contribution in [0.3, 0.4) is 0 Å². The van der Waals surface area contributed by atoms with Crippen molar-refractivity contribution in [3.8, 4) is 0 Å². The number of rotatable bonds is 8. The Kier molecular flexibility index (Phi) is 11.1. The molecule has 3 N–H and O–H groups in total. The largest absolute Gasteiger partial charge is 0.463 e. The molecule has 0 saturated heterocycles. The molecule has 0 saturated carbocycles. The average molecular weight is 521 g/mol. The van der Waals surface area contributed by atoms with Crippen LogP contribution in [-0.2, 0) is 32.0 Å². The number of ether oxygens (including phenoxy) is 1. The monoisotopic (exact) mass is 520 g/mol. The molecule has 7 nitrogen and oxygen atoms in total. The number of hydrogen-bond acceptors (Lipinski definition) is 5. The van der Waals surface area contributed by atoms with E-state index in [4.69, 9.17) is 4.74 Å². The number of allylic oxidation sites excluding steroid dienone is 2. The summed E-state index contributed by atoms with van der Waals surface area (Å²) in [5, 5.41) is 15.6. The minimum absolute atomic E-state index is 0.00599. The van der Waals surface area contributed by atoms with Gasteiger partial charge in [0.25, 0.3) is 0 Å². The van der Waals surface area contributed by atoms with Crippen molar-refractivity contribution in [2.45, 2.75) is 64.0 Å². The van der Waals surface area contributed by atoms with Gasteiger partial charge in [-0.15, -0.1) is 0 Å². The van der Waals surface area contributed by atoms with Crippen molar-refractivity contribution in [1.29, 1.82) is 0 Å². The van der Waals surface area contributed by atoms with Gasteiger partial charge in [0.15, 0.2) is 0 Å². The molecule has 0 fully saturated rings. The normalized spacial score (nSPS) is 21.1. The lowest BCUT2D eigenvalue weighted by Crippen LogP contribution is -2.50. The predicted molar refractivity (Wildman–Crippen MR) is 147 cm³/mol. The van der Waals surface area contributed by atoms with E-state index in [-0.39, 0.29) is 43.3 Å². The summed E-state index contributed by atoms with van der Waals surface area (Å²) in [6, 6.07) is 19.1. The molecule has 0 radical (unpaired) electrons. The van der Waals surface area contributed by atoms with E-state index in [1.165, 1.54) is 0 Å². The number of carbonyl (C=O) groups is 3. The lowest BCUT2D eigenvalue weighted by atomic mass is 9.94. The Morgan fingerprint density at radius 1 is 1.03 bits per heavy atom. The number of benzene rings is 2. The van der Waals surface area contributed by atoms with Gasteiger partial charge in [-0.2, -0.15) is 0 Å². The molecular formula is C31H40N2O5. The second-order valence-electron chi connectivity index (χ2n) is 10.7. The molecule has 2 aromatic rings. The standard InChI is InChI=1S/C31H40N2O5/c1-31(2)22-38-30(37)26(18-23-12-6-3-7-13-23)17-11-5-10-16-25(29(36)33-31)20-28(35)32-27(21-34)19-24-14-8-4-9-15-24/h3-10,12-15,25-27,34H,11,16-22H2,1-2H3,(H,32,35)(H,33,36)/t25-,26-,27+/m1/s1. The highest BCUT2D eigenvalue weighted by Crippen LogP contribution is 2.20. The van der Waals surface area contributed by atoms with Crippen molar-refractivity contribution in [3.63, 3.8) is 0 Å². The van der Waals surface area contributed by atoms with Gasteiger partial charge in [0.05, 0.1) is 30.0 Å². The van der Waals surface area contributed by atoms with Crippen LogP contribution in [-0.4, -0.2) is 47.7 Å². The molecule has 38 heavy (non-hydrogen) atoms. The topological polar surface area (TPSA) is 105 Å². The summed E-state index contributed by atoms with van der Waals surface area (Å²) in [6.07, 6.45) is 6.68. The maximum Gasteiger partial charge on any atom is 0.309 e. The fourth-order valence-electron chi connectivity index (χ4n) is 4.57. The van der Waals surface area contributed by atoms with Crippen molar-refractivity contribution >= 4 is 17.8 Å². The van der Waals surface area contributed by atoms with Gasteiger partial charge in [0, 0.05) is 6.42 Å². The van der Waals surface area contributed by atoms with E-state index >= 15 is 0 Å². The summed E-state index contributed by atoms with van der Waals surface area (Å²) < 4.78 is 5.66. The number of aliphatic hydroxyl groups excluding tert-OH is 1. The first-order valence-corrected chi connectivity index (χ1v) is 13.4. The van der Waals surface area contributed by atoms with Crippen LogP contribution in [0, 0.1) is 11.8 Å². The Morgan fingerprint density at radius 2 is 1.68 bits per heavy atom. The fourth-order valence-corrected chi connectivity index (χ4v) is 4.57. The zero-order chi connectivity index (χ0) is 27.4. The summed E-state index contributed by atoms with van der Waals surface area (Å²) in [7, 11) is 0. The molecule has 0 unspecified atom stereocenters. The third kappa shape index (κ3) is 9.78. The average Bonchev–Trinajstić information content (AvgIpc) is 2.91. The molecule has 1 aliphatic rings. The SMILES string of the molecule is CC1(C)COC(=O)[C@@H](Cc2ccccc2)CCC=CC[C@H](CC(=O)N[C@H](CO)Cc2ccccc2)C(=O)N1. The van der Waals surface area contributed by atoms with Crippen LogP contribution in [0.15, 0.2) is 72.8 Å². The van der Waals surface area contributed by atoms with Gasteiger partial charge < -0.3 is 20.5 Å². The Balaban J connectivity index is 1.65. The number of cyclic esters (lactones) is 1. The van der Waals surface area contributed by atoms with Gasteiger partial charge in [0.2, 0.25) is 11.8 Å². The van der Waals surface area contributed by atoms with E-state index < -0.39 is 17.5 Å². The highest BCUT2D eigenvalue weighted by molar-refractivity contribution is 5.86. The Labute approximate surface area is 225 Å². The number of nitrogens with one attached hydrogen (secondary N) is 2. The number of carbonyl (C=O) groups excluding carboxylic acids is 3. The van der Waals surface area contributed by atoms with E-state index in [2.05, 4.69) is 10.6 Å². The molecule has 0 aliphatic carbocycles. The van der Waals surface area contributed by atoms with Crippen molar-refractivity contribution < 1.29 is 24.2 Å². The molecule has 2 amide bonds. The molecule has 0 aromatic heterocycles. The second kappa shape index (κ2) is 14.5. The molecular weight excluding hydrogens is 480 g/mol. The highest BCUT2D eigenvalue weighted by atomic mass is 16.5. The third-order valence-corrected chi connectivity index (χ3v) is 6.68. The van der Waals surface area contributed by atoms with Gasteiger partial charge in [-0.05, 0) is 57.1 Å². The predicted octanol–water partition coefficient (Wildman–Crippen LogP) is 3.75. The molecule has 1 heterocycles. The third-order valence-electron chi connectivity index (χ3n) is 6.68. The zero-order valence-corrected chi connectivity index (χ0v) is 22.4. The zero-order valence-electron chi connectivity index (χ0n) is 22.4. The smallest absolute Gasteiger partial charge is 0.309 e. The summed E-state index contributed by atoms with van der Waals surface area (Å²) in [4.78, 5) is 39.0. The van der Waals surface area contributed by atoms with E-state index in [0.29, 0.717) is 32.1 Å². The minimum Gasteiger partial charge on any atom is -0.463 e. The lowest BCUT2D eigenvalue weighted by molar-refractivity contribution is -0.151. The summed E-state index contributed by atoms with van der Waals surface area (Å²) in [5.74, 6) is -1.69. The van der Waals surface area contributed by atoms with Gasteiger partial charge in [-0.1, -0.05) is 72.8 Å². The van der Waals surface area contributed by atoms with Crippen molar-refractivity contribution in [2.75, 3.05) is 13.2 Å². The maximum absolute atomic E-state index is 13.2.